The topological polar surface area (TPSA) is 104 Å². The molecular weight excluding hydrogens is 368 g/mol. The predicted molar refractivity (Wildman–Crippen MR) is 111 cm³/mol. The minimum atomic E-state index is -0.853. The Morgan fingerprint density at radius 2 is 1.66 bits per heavy atom. The Labute approximate surface area is 170 Å². The molecule has 0 saturated heterocycles. The van der Waals surface area contributed by atoms with Crippen molar-refractivity contribution in [2.75, 3.05) is 0 Å². The number of carbonyl (C=O) groups is 2. The van der Waals surface area contributed by atoms with Crippen molar-refractivity contribution in [3.63, 3.8) is 0 Å². The van der Waals surface area contributed by atoms with Gasteiger partial charge in [0.25, 0.3) is 0 Å². The molecule has 0 aliphatic heterocycles. The van der Waals surface area contributed by atoms with E-state index >= 15 is 0 Å². The lowest BCUT2D eigenvalue weighted by molar-refractivity contribution is -0.120. The highest BCUT2D eigenvalue weighted by Gasteiger charge is 2.26. The van der Waals surface area contributed by atoms with Crippen LogP contribution in [0.2, 0.25) is 0 Å². The standard InChI is InChI=1S/C22H26N4O3/c1-22(2,3)29-21(28)24-18(17-12-8-5-9-13-17)15-20(27)19(25-26-23)14-16-10-6-4-7-11-16/h4-13,18-19H,14-15H2,1-3H3,(H,24,28). The normalized spacial score (nSPS) is 12.9. The molecule has 0 radical (unpaired) electrons. The molecule has 2 rings (SSSR count). The lowest BCUT2D eigenvalue weighted by Gasteiger charge is -2.24. The van der Waals surface area contributed by atoms with Crippen LogP contribution < -0.4 is 5.32 Å². The largest absolute Gasteiger partial charge is 0.444 e. The van der Waals surface area contributed by atoms with E-state index in [2.05, 4.69) is 15.3 Å². The number of nitrogens with zero attached hydrogens (tertiary/aromatic N) is 3. The SMILES string of the molecule is CC(C)(C)OC(=O)NC(CC(=O)C(Cc1ccccc1)N=[N+]=[N-])c1ccccc1. The van der Waals surface area contributed by atoms with Gasteiger partial charge in [0.2, 0.25) is 0 Å². The Morgan fingerprint density at radius 3 is 2.21 bits per heavy atom. The molecular formula is C22H26N4O3. The lowest BCUT2D eigenvalue weighted by Crippen LogP contribution is -2.37. The smallest absolute Gasteiger partial charge is 0.408 e. The molecule has 29 heavy (non-hydrogen) atoms. The first-order chi connectivity index (χ1) is 13.8. The van der Waals surface area contributed by atoms with Gasteiger partial charge in [-0.25, -0.2) is 4.79 Å². The maximum atomic E-state index is 12.9. The van der Waals surface area contributed by atoms with E-state index in [0.717, 1.165) is 11.1 Å². The number of hydrogen-bond donors (Lipinski definition) is 1. The Morgan fingerprint density at radius 1 is 1.07 bits per heavy atom. The molecule has 0 heterocycles. The van der Waals surface area contributed by atoms with Gasteiger partial charge in [-0.3, -0.25) is 4.79 Å². The zero-order chi connectivity index (χ0) is 21.3. The Hall–Kier alpha value is -3.31. The molecule has 1 N–H and O–H groups in total. The average Bonchev–Trinajstić information content (AvgIpc) is 2.67. The fourth-order valence-corrected chi connectivity index (χ4v) is 2.84. The third-order valence-corrected chi connectivity index (χ3v) is 4.13. The molecule has 1 amide bonds. The van der Waals surface area contributed by atoms with Gasteiger partial charge < -0.3 is 10.1 Å². The molecule has 0 aliphatic carbocycles. The molecule has 7 nitrogen and oxygen atoms in total. The summed E-state index contributed by atoms with van der Waals surface area (Å²) in [5, 5.41) is 6.46. The van der Waals surface area contributed by atoms with E-state index < -0.39 is 23.8 Å². The summed E-state index contributed by atoms with van der Waals surface area (Å²) in [6.45, 7) is 5.31. The molecule has 2 aromatic rings. The van der Waals surface area contributed by atoms with Crippen molar-refractivity contribution in [3.8, 4) is 0 Å². The van der Waals surface area contributed by atoms with Crippen LogP contribution in [0.15, 0.2) is 65.8 Å². The number of hydrogen-bond acceptors (Lipinski definition) is 4. The number of azide groups is 1. The summed E-state index contributed by atoms with van der Waals surface area (Å²) < 4.78 is 5.33. The molecule has 152 valence electrons. The zero-order valence-corrected chi connectivity index (χ0v) is 16.9. The first kappa shape index (κ1) is 22.0. The van der Waals surface area contributed by atoms with E-state index in [1.807, 2.05) is 60.7 Å². The molecule has 0 aromatic heterocycles. The number of rotatable bonds is 8. The van der Waals surface area contributed by atoms with Gasteiger partial charge in [-0.05, 0) is 43.9 Å². The summed E-state index contributed by atoms with van der Waals surface area (Å²) in [5.74, 6) is -0.253. The first-order valence-corrected chi connectivity index (χ1v) is 9.44. The van der Waals surface area contributed by atoms with Gasteiger partial charge in [0.15, 0.2) is 0 Å². The van der Waals surface area contributed by atoms with Crippen molar-refractivity contribution >= 4 is 11.9 Å². The zero-order valence-electron chi connectivity index (χ0n) is 16.9. The van der Waals surface area contributed by atoms with Crippen molar-refractivity contribution in [1.29, 1.82) is 0 Å². The number of ether oxygens (including phenoxy) is 1. The number of carbonyl (C=O) groups excluding carboxylic acids is 2. The fraction of sp³-hybridized carbons (Fsp3) is 0.364. The maximum absolute atomic E-state index is 12.9. The number of ketones is 1. The summed E-state index contributed by atoms with van der Waals surface area (Å²) in [7, 11) is 0. The Bertz CT molecular complexity index is 857. The van der Waals surface area contributed by atoms with Crippen LogP contribution in [-0.4, -0.2) is 23.5 Å². The molecule has 0 saturated carbocycles. The number of amides is 1. The number of benzene rings is 2. The van der Waals surface area contributed by atoms with Crippen LogP contribution in [0.1, 0.15) is 44.4 Å². The monoisotopic (exact) mass is 394 g/mol. The van der Waals surface area contributed by atoms with Crippen molar-refractivity contribution in [2.24, 2.45) is 5.11 Å². The summed E-state index contributed by atoms with van der Waals surface area (Å²) >= 11 is 0. The molecule has 0 aliphatic rings. The Kier molecular flexibility index (Phi) is 7.80. The highest BCUT2D eigenvalue weighted by Crippen LogP contribution is 2.21. The third kappa shape index (κ3) is 7.68. The van der Waals surface area contributed by atoms with Crippen molar-refractivity contribution in [1.82, 2.24) is 5.32 Å². The number of nitrogens with one attached hydrogen (secondary N) is 1. The van der Waals surface area contributed by atoms with E-state index in [1.54, 1.807) is 20.8 Å². The minimum Gasteiger partial charge on any atom is -0.444 e. The molecule has 0 fully saturated rings. The van der Waals surface area contributed by atoms with Crippen molar-refractivity contribution < 1.29 is 14.3 Å². The summed E-state index contributed by atoms with van der Waals surface area (Å²) in [5.41, 5.74) is 9.91. The van der Waals surface area contributed by atoms with Crippen molar-refractivity contribution in [2.45, 2.75) is 51.3 Å². The van der Waals surface area contributed by atoms with Gasteiger partial charge >= 0.3 is 6.09 Å². The van der Waals surface area contributed by atoms with Crippen LogP contribution in [0.5, 0.6) is 0 Å². The molecule has 7 heteroatoms. The molecule has 0 bridgehead atoms. The van der Waals surface area contributed by atoms with E-state index in [9.17, 15) is 9.59 Å². The lowest BCUT2D eigenvalue weighted by atomic mass is 9.95. The van der Waals surface area contributed by atoms with Crippen LogP contribution in [0.4, 0.5) is 4.79 Å². The number of Topliss-reactive ketones (excluding diaryl/α,β-unsaturated/α-hetero) is 1. The van der Waals surface area contributed by atoms with Gasteiger partial charge in [0.05, 0.1) is 6.04 Å². The molecule has 0 spiro atoms. The van der Waals surface area contributed by atoms with Gasteiger partial charge in [-0.2, -0.15) is 0 Å². The minimum absolute atomic E-state index is 0.0141. The summed E-state index contributed by atoms with van der Waals surface area (Å²) in [6, 6.07) is 17.1. The Balaban J connectivity index is 2.18. The van der Waals surface area contributed by atoms with E-state index in [1.165, 1.54) is 0 Å². The van der Waals surface area contributed by atoms with Crippen LogP contribution in [-0.2, 0) is 16.0 Å². The third-order valence-electron chi connectivity index (χ3n) is 4.13. The maximum Gasteiger partial charge on any atom is 0.408 e. The second-order valence-electron chi connectivity index (χ2n) is 7.69. The predicted octanol–water partition coefficient (Wildman–Crippen LogP) is 5.13. The van der Waals surface area contributed by atoms with Crippen molar-refractivity contribution in [3.05, 3.63) is 82.2 Å². The number of alkyl carbamates (subject to hydrolysis) is 1. The average molecular weight is 394 g/mol. The molecule has 2 aromatic carbocycles. The van der Waals surface area contributed by atoms with Gasteiger partial charge in [-0.1, -0.05) is 65.8 Å². The summed E-state index contributed by atoms with van der Waals surface area (Å²) in [4.78, 5) is 28.0. The first-order valence-electron chi connectivity index (χ1n) is 9.44. The van der Waals surface area contributed by atoms with Gasteiger partial charge in [0, 0.05) is 11.3 Å². The highest BCUT2D eigenvalue weighted by molar-refractivity contribution is 5.85. The second kappa shape index (κ2) is 10.3. The van der Waals surface area contributed by atoms with E-state index in [0.29, 0.717) is 6.42 Å². The van der Waals surface area contributed by atoms with Crippen LogP contribution >= 0.6 is 0 Å². The molecule has 2 unspecified atom stereocenters. The summed E-state index contributed by atoms with van der Waals surface area (Å²) in [6.07, 6.45) is -0.320. The fourth-order valence-electron chi connectivity index (χ4n) is 2.84. The van der Waals surface area contributed by atoms with Gasteiger partial charge in [-0.15, -0.1) is 0 Å². The quantitative estimate of drug-likeness (QED) is 0.381. The van der Waals surface area contributed by atoms with Gasteiger partial charge in [0.1, 0.15) is 17.4 Å². The van der Waals surface area contributed by atoms with E-state index in [4.69, 9.17) is 10.3 Å². The van der Waals surface area contributed by atoms with Crippen LogP contribution in [0.3, 0.4) is 0 Å². The van der Waals surface area contributed by atoms with E-state index in [-0.39, 0.29) is 12.2 Å². The van der Waals surface area contributed by atoms with Crippen LogP contribution in [0, 0.1) is 0 Å². The second-order valence-corrected chi connectivity index (χ2v) is 7.69. The van der Waals surface area contributed by atoms with Crippen LogP contribution in [0.25, 0.3) is 10.4 Å². The molecule has 2 atom stereocenters. The highest BCUT2D eigenvalue weighted by atomic mass is 16.6.